The molecule has 1 aromatic rings. The molecule has 0 heterocycles. The van der Waals surface area contributed by atoms with Crippen LogP contribution in [0.2, 0.25) is 0 Å². The third-order valence-corrected chi connectivity index (χ3v) is 4.23. The summed E-state index contributed by atoms with van der Waals surface area (Å²) >= 11 is 0. The molecule has 2 atom stereocenters. The average Bonchev–Trinajstić information content (AvgIpc) is 2.83. The summed E-state index contributed by atoms with van der Waals surface area (Å²) in [6, 6.07) is 8.26. The number of para-hydroxylation sites is 1. The topological polar surface area (TPSA) is 41.5 Å². The molecule has 0 aromatic heterocycles. The highest BCUT2D eigenvalue weighted by Gasteiger charge is 2.38. The van der Waals surface area contributed by atoms with Gasteiger partial charge in [-0.25, -0.2) is 0 Å². The number of benzene rings is 1. The normalized spacial score (nSPS) is 26.9. The van der Waals surface area contributed by atoms with Gasteiger partial charge < -0.3 is 15.2 Å². The van der Waals surface area contributed by atoms with Crippen LogP contribution in [0.15, 0.2) is 24.3 Å². The van der Waals surface area contributed by atoms with Gasteiger partial charge in [0, 0.05) is 12.0 Å². The molecular formula is C16H25NO2. The molecule has 106 valence electrons. The Morgan fingerprint density at radius 1 is 1.42 bits per heavy atom. The van der Waals surface area contributed by atoms with Gasteiger partial charge in [0.25, 0.3) is 0 Å². The van der Waals surface area contributed by atoms with Gasteiger partial charge in [-0.3, -0.25) is 0 Å². The molecule has 2 N–H and O–H groups in total. The minimum atomic E-state index is -0.155. The maximum atomic E-state index is 9.53. The second-order valence-electron chi connectivity index (χ2n) is 5.86. The maximum absolute atomic E-state index is 9.53. The third-order valence-electron chi connectivity index (χ3n) is 4.23. The molecule has 0 spiro atoms. The lowest BCUT2D eigenvalue weighted by Crippen LogP contribution is -2.44. The van der Waals surface area contributed by atoms with Crippen LogP contribution in [0.5, 0.6) is 5.75 Å². The maximum Gasteiger partial charge on any atom is 0.123 e. The van der Waals surface area contributed by atoms with Crippen molar-refractivity contribution in [3.63, 3.8) is 0 Å². The summed E-state index contributed by atoms with van der Waals surface area (Å²) in [5, 5.41) is 12.8. The molecule has 1 aromatic carbocycles. The predicted molar refractivity (Wildman–Crippen MR) is 77.7 cm³/mol. The molecule has 3 heteroatoms. The SMILES string of the molecule is CNC1(CO)CCC(Oc2ccccc2C(C)C)C1. The standard InChI is InChI=1S/C16H25NO2/c1-12(2)14-6-4-5-7-15(14)19-13-8-9-16(10-13,11-18)17-3/h4-7,12-13,17-18H,8-11H2,1-3H3. The van der Waals surface area contributed by atoms with E-state index in [0.717, 1.165) is 25.0 Å². The summed E-state index contributed by atoms with van der Waals surface area (Å²) in [6.45, 7) is 4.54. The minimum Gasteiger partial charge on any atom is -0.490 e. The van der Waals surface area contributed by atoms with Crippen molar-refractivity contribution in [3.8, 4) is 5.75 Å². The van der Waals surface area contributed by atoms with Gasteiger partial charge in [0.05, 0.1) is 6.61 Å². The molecule has 0 aliphatic heterocycles. The summed E-state index contributed by atoms with van der Waals surface area (Å²) in [4.78, 5) is 0. The number of aliphatic hydroxyl groups is 1. The third kappa shape index (κ3) is 3.10. The summed E-state index contributed by atoms with van der Waals surface area (Å²) in [5.41, 5.74) is 1.10. The number of rotatable bonds is 5. The Hall–Kier alpha value is -1.06. The van der Waals surface area contributed by atoms with E-state index in [4.69, 9.17) is 4.74 Å². The molecule has 0 saturated heterocycles. The van der Waals surface area contributed by atoms with Gasteiger partial charge in [0.2, 0.25) is 0 Å². The Kier molecular flexibility index (Phi) is 4.48. The van der Waals surface area contributed by atoms with Gasteiger partial charge in [-0.05, 0) is 37.4 Å². The van der Waals surface area contributed by atoms with Crippen LogP contribution >= 0.6 is 0 Å². The number of likely N-dealkylation sites (N-methyl/N-ethyl adjacent to an activating group) is 1. The lowest BCUT2D eigenvalue weighted by atomic mass is 9.99. The number of aliphatic hydroxyl groups excluding tert-OH is 1. The Bertz CT molecular complexity index is 413. The first-order valence-electron chi connectivity index (χ1n) is 7.15. The van der Waals surface area contributed by atoms with Gasteiger partial charge in [0.1, 0.15) is 11.9 Å². The fourth-order valence-corrected chi connectivity index (χ4v) is 2.87. The van der Waals surface area contributed by atoms with E-state index < -0.39 is 0 Å². The van der Waals surface area contributed by atoms with E-state index >= 15 is 0 Å². The molecule has 1 saturated carbocycles. The first-order valence-corrected chi connectivity index (χ1v) is 7.15. The van der Waals surface area contributed by atoms with Gasteiger partial charge in [-0.2, -0.15) is 0 Å². The molecule has 1 aliphatic rings. The van der Waals surface area contributed by atoms with Crippen molar-refractivity contribution in [2.75, 3.05) is 13.7 Å². The van der Waals surface area contributed by atoms with Gasteiger partial charge in [-0.1, -0.05) is 32.0 Å². The van der Waals surface area contributed by atoms with E-state index in [2.05, 4.69) is 31.3 Å². The van der Waals surface area contributed by atoms with E-state index in [1.54, 1.807) is 0 Å². The number of nitrogens with one attached hydrogen (secondary N) is 1. The van der Waals surface area contributed by atoms with Crippen LogP contribution < -0.4 is 10.1 Å². The molecular weight excluding hydrogens is 238 g/mol. The Morgan fingerprint density at radius 3 is 2.74 bits per heavy atom. The van der Waals surface area contributed by atoms with Gasteiger partial charge in [-0.15, -0.1) is 0 Å². The fraction of sp³-hybridized carbons (Fsp3) is 0.625. The zero-order valence-electron chi connectivity index (χ0n) is 12.1. The van der Waals surface area contributed by atoms with E-state index in [9.17, 15) is 5.11 Å². The van der Waals surface area contributed by atoms with Crippen LogP contribution in [0.25, 0.3) is 0 Å². The second kappa shape index (κ2) is 5.93. The van der Waals surface area contributed by atoms with E-state index in [0.29, 0.717) is 5.92 Å². The molecule has 0 amide bonds. The summed E-state index contributed by atoms with van der Waals surface area (Å²) < 4.78 is 6.18. The van der Waals surface area contributed by atoms with Crippen molar-refractivity contribution < 1.29 is 9.84 Å². The lowest BCUT2D eigenvalue weighted by molar-refractivity contribution is 0.146. The van der Waals surface area contributed by atoms with Crippen molar-refractivity contribution in [2.45, 2.75) is 50.7 Å². The van der Waals surface area contributed by atoms with Gasteiger partial charge >= 0.3 is 0 Å². The molecule has 3 nitrogen and oxygen atoms in total. The molecule has 2 unspecified atom stereocenters. The summed E-state index contributed by atoms with van der Waals surface area (Å²) in [5.74, 6) is 1.46. The molecule has 1 fully saturated rings. The largest absolute Gasteiger partial charge is 0.490 e. The summed E-state index contributed by atoms with van der Waals surface area (Å²) in [6.07, 6.45) is 3.02. The monoisotopic (exact) mass is 263 g/mol. The Labute approximate surface area is 116 Å². The minimum absolute atomic E-state index is 0.155. The second-order valence-corrected chi connectivity index (χ2v) is 5.86. The van der Waals surface area contributed by atoms with Crippen molar-refractivity contribution in [1.29, 1.82) is 0 Å². The smallest absolute Gasteiger partial charge is 0.123 e. The molecule has 2 rings (SSSR count). The lowest BCUT2D eigenvalue weighted by Gasteiger charge is -2.26. The molecule has 0 radical (unpaired) electrons. The first-order chi connectivity index (χ1) is 9.10. The average molecular weight is 263 g/mol. The fourth-order valence-electron chi connectivity index (χ4n) is 2.87. The van der Waals surface area contributed by atoms with E-state index in [1.165, 1.54) is 5.56 Å². The quantitative estimate of drug-likeness (QED) is 0.858. The van der Waals surface area contributed by atoms with E-state index in [-0.39, 0.29) is 18.2 Å². The highest BCUT2D eigenvalue weighted by Crippen LogP contribution is 2.34. The number of hydrogen-bond donors (Lipinski definition) is 2. The highest BCUT2D eigenvalue weighted by molar-refractivity contribution is 5.35. The Balaban J connectivity index is 2.07. The van der Waals surface area contributed by atoms with Crippen molar-refractivity contribution in [1.82, 2.24) is 5.32 Å². The molecule has 1 aliphatic carbocycles. The van der Waals surface area contributed by atoms with Crippen LogP contribution in [0.1, 0.15) is 44.6 Å². The summed E-state index contributed by atoms with van der Waals surface area (Å²) in [7, 11) is 1.92. The Morgan fingerprint density at radius 2 is 2.16 bits per heavy atom. The number of ether oxygens (including phenoxy) is 1. The van der Waals surface area contributed by atoms with Gasteiger partial charge in [0.15, 0.2) is 0 Å². The van der Waals surface area contributed by atoms with Crippen molar-refractivity contribution in [2.24, 2.45) is 0 Å². The van der Waals surface area contributed by atoms with Crippen molar-refractivity contribution in [3.05, 3.63) is 29.8 Å². The predicted octanol–water partition coefficient (Wildman–Crippen LogP) is 2.69. The van der Waals surface area contributed by atoms with Crippen LogP contribution in [0.3, 0.4) is 0 Å². The first kappa shape index (κ1) is 14.4. The van der Waals surface area contributed by atoms with Crippen LogP contribution in [0, 0.1) is 0 Å². The molecule has 19 heavy (non-hydrogen) atoms. The molecule has 0 bridgehead atoms. The highest BCUT2D eigenvalue weighted by atomic mass is 16.5. The van der Waals surface area contributed by atoms with Crippen LogP contribution in [-0.4, -0.2) is 30.4 Å². The van der Waals surface area contributed by atoms with E-state index in [1.807, 2.05) is 19.2 Å². The zero-order chi connectivity index (χ0) is 13.9. The van der Waals surface area contributed by atoms with Crippen LogP contribution in [0.4, 0.5) is 0 Å². The van der Waals surface area contributed by atoms with Crippen LogP contribution in [-0.2, 0) is 0 Å². The number of hydrogen-bond acceptors (Lipinski definition) is 3. The zero-order valence-corrected chi connectivity index (χ0v) is 12.1. The van der Waals surface area contributed by atoms with Crippen molar-refractivity contribution >= 4 is 0 Å².